The third-order valence-corrected chi connectivity index (χ3v) is 13.6. The standard InChI is InChI=1S/C48H32N2S4/c1-2-32(26-50-47-11-7-35(39-15-19-53-29-39)23-43(47)44-24-36(8-12-48(44)50)40-16-20-54-30-40)4-3-31(1)25-49-45-9-5-33(37-13-17-51-27-37)21-41(45)42-22-34(6-10-46(42)49)38-14-18-52-28-38/h1-24,27-30H,25-26H2. The molecule has 0 fully saturated rings. The van der Waals surface area contributed by atoms with Crippen molar-refractivity contribution in [2.45, 2.75) is 13.1 Å². The third-order valence-electron chi connectivity index (χ3n) is 10.9. The Labute approximate surface area is 329 Å². The zero-order chi connectivity index (χ0) is 35.6. The molecule has 11 rings (SSSR count). The van der Waals surface area contributed by atoms with Gasteiger partial charge in [0, 0.05) is 56.7 Å². The Morgan fingerprint density at radius 2 is 0.574 bits per heavy atom. The number of nitrogens with zero attached hydrogens (tertiary/aromatic N) is 2. The summed E-state index contributed by atoms with van der Waals surface area (Å²) in [7, 11) is 0. The number of fused-ring (bicyclic) bond motifs is 6. The number of aromatic nitrogens is 2. The summed E-state index contributed by atoms with van der Waals surface area (Å²) in [5, 5.41) is 22.8. The van der Waals surface area contributed by atoms with Gasteiger partial charge in [0.05, 0.1) is 0 Å². The molecular formula is C48H32N2S4. The lowest BCUT2D eigenvalue weighted by Crippen LogP contribution is -2.02. The predicted octanol–water partition coefficient (Wildman–Crippen LogP) is 14.9. The molecule has 11 aromatic rings. The number of hydrogen-bond acceptors (Lipinski definition) is 4. The largest absolute Gasteiger partial charge is 0.336 e. The van der Waals surface area contributed by atoms with Gasteiger partial charge in [0.2, 0.25) is 0 Å². The Morgan fingerprint density at radius 1 is 0.296 bits per heavy atom. The number of thiophene rings is 4. The maximum Gasteiger partial charge on any atom is 0.0494 e. The van der Waals surface area contributed by atoms with Gasteiger partial charge in [-0.2, -0.15) is 45.3 Å². The summed E-state index contributed by atoms with van der Waals surface area (Å²) in [6.07, 6.45) is 0. The van der Waals surface area contributed by atoms with E-state index < -0.39 is 0 Å². The minimum absolute atomic E-state index is 0.808. The fraction of sp³-hybridized carbons (Fsp3) is 0.0417. The molecule has 2 nitrogen and oxygen atoms in total. The molecule has 6 heterocycles. The molecule has 6 aromatic heterocycles. The number of benzene rings is 5. The van der Waals surface area contributed by atoms with E-state index in [1.807, 2.05) is 0 Å². The van der Waals surface area contributed by atoms with E-state index >= 15 is 0 Å². The molecule has 0 saturated heterocycles. The van der Waals surface area contributed by atoms with Gasteiger partial charge in [-0.1, -0.05) is 48.5 Å². The Balaban J connectivity index is 0.964. The fourth-order valence-electron chi connectivity index (χ4n) is 8.10. The van der Waals surface area contributed by atoms with Crippen LogP contribution in [0.2, 0.25) is 0 Å². The Bertz CT molecular complexity index is 2670. The van der Waals surface area contributed by atoms with Crippen molar-refractivity contribution >= 4 is 89.0 Å². The van der Waals surface area contributed by atoms with Crippen LogP contribution in [-0.2, 0) is 13.1 Å². The molecule has 0 amide bonds. The molecule has 5 aromatic carbocycles. The fourth-order valence-corrected chi connectivity index (χ4v) is 10.8. The number of rotatable bonds is 8. The van der Waals surface area contributed by atoms with Crippen molar-refractivity contribution in [1.82, 2.24) is 9.13 Å². The Hall–Kier alpha value is -5.50. The van der Waals surface area contributed by atoms with Gasteiger partial charge in [-0.3, -0.25) is 0 Å². The molecule has 0 N–H and O–H groups in total. The highest BCUT2D eigenvalue weighted by atomic mass is 32.1. The third kappa shape index (κ3) is 5.48. The van der Waals surface area contributed by atoms with Crippen molar-refractivity contribution in [2.75, 3.05) is 0 Å². The minimum atomic E-state index is 0.808. The van der Waals surface area contributed by atoms with Crippen molar-refractivity contribution in [3.8, 4) is 44.5 Å². The first-order valence-electron chi connectivity index (χ1n) is 18.0. The number of hydrogen-bond donors (Lipinski definition) is 0. The second-order valence-electron chi connectivity index (χ2n) is 14.0. The summed E-state index contributed by atoms with van der Waals surface area (Å²) >= 11 is 7.00. The van der Waals surface area contributed by atoms with Gasteiger partial charge < -0.3 is 9.13 Å². The van der Waals surface area contributed by atoms with Crippen molar-refractivity contribution in [2.24, 2.45) is 0 Å². The lowest BCUT2D eigenvalue weighted by molar-refractivity contribution is 0.852. The predicted molar refractivity (Wildman–Crippen MR) is 237 cm³/mol. The molecule has 0 atom stereocenters. The summed E-state index contributed by atoms with van der Waals surface area (Å²) < 4.78 is 5.00. The average molecular weight is 765 g/mol. The molecular weight excluding hydrogens is 733 g/mol. The van der Waals surface area contributed by atoms with Crippen LogP contribution < -0.4 is 0 Å². The molecule has 0 aliphatic rings. The normalized spacial score (nSPS) is 11.9. The summed E-state index contributed by atoms with van der Waals surface area (Å²) in [6.45, 7) is 1.62. The molecule has 0 aliphatic carbocycles. The van der Waals surface area contributed by atoms with Gasteiger partial charge in [-0.05, 0) is 171 Å². The first-order valence-corrected chi connectivity index (χ1v) is 21.8. The van der Waals surface area contributed by atoms with Crippen LogP contribution in [0.4, 0.5) is 0 Å². The maximum atomic E-state index is 2.50. The zero-order valence-electron chi connectivity index (χ0n) is 29.1. The second kappa shape index (κ2) is 13.1. The van der Waals surface area contributed by atoms with Gasteiger partial charge >= 0.3 is 0 Å². The van der Waals surface area contributed by atoms with Gasteiger partial charge in [0.15, 0.2) is 0 Å². The van der Waals surface area contributed by atoms with Crippen molar-refractivity contribution in [3.05, 3.63) is 175 Å². The first-order chi connectivity index (χ1) is 26.7. The van der Waals surface area contributed by atoms with Gasteiger partial charge in [0.1, 0.15) is 0 Å². The lowest BCUT2D eigenvalue weighted by atomic mass is 10.0. The first kappa shape index (κ1) is 32.0. The molecule has 6 heteroatoms. The molecule has 54 heavy (non-hydrogen) atoms. The summed E-state index contributed by atoms with van der Waals surface area (Å²) in [5.74, 6) is 0. The maximum absolute atomic E-state index is 2.50. The molecule has 0 spiro atoms. The van der Waals surface area contributed by atoms with Gasteiger partial charge in [-0.15, -0.1) is 0 Å². The quantitative estimate of drug-likeness (QED) is 0.146. The summed E-state index contributed by atoms with van der Waals surface area (Å²) in [4.78, 5) is 0. The van der Waals surface area contributed by atoms with E-state index in [0.717, 1.165) is 13.1 Å². The molecule has 0 unspecified atom stereocenters. The Kier molecular flexibility index (Phi) is 7.76. The highest BCUT2D eigenvalue weighted by Crippen LogP contribution is 2.38. The summed E-state index contributed by atoms with van der Waals surface area (Å²) in [6, 6.07) is 46.1. The van der Waals surface area contributed by atoms with E-state index in [4.69, 9.17) is 0 Å². The van der Waals surface area contributed by atoms with E-state index in [1.54, 1.807) is 45.3 Å². The van der Waals surface area contributed by atoms with Gasteiger partial charge in [0.25, 0.3) is 0 Å². The van der Waals surface area contributed by atoms with E-state index in [-0.39, 0.29) is 0 Å². The van der Waals surface area contributed by atoms with Crippen molar-refractivity contribution < 1.29 is 0 Å². The lowest BCUT2D eigenvalue weighted by Gasteiger charge is -2.11. The van der Waals surface area contributed by atoms with Crippen LogP contribution in [0.15, 0.2) is 164 Å². The van der Waals surface area contributed by atoms with Crippen LogP contribution in [0.5, 0.6) is 0 Å². The van der Waals surface area contributed by atoms with Crippen LogP contribution in [0, 0.1) is 0 Å². The SMILES string of the molecule is c1cc(-c2ccc3c(c2)c2cc(-c4ccsc4)ccc2n3Cc2ccc(Cn3c4ccc(-c5ccsc5)cc4c4cc(-c5ccsc5)ccc43)cc2)cs1. The van der Waals surface area contributed by atoms with E-state index in [1.165, 1.54) is 99.2 Å². The van der Waals surface area contributed by atoms with Crippen LogP contribution in [0.25, 0.3) is 88.1 Å². The molecule has 258 valence electrons. The smallest absolute Gasteiger partial charge is 0.0494 e. The van der Waals surface area contributed by atoms with E-state index in [9.17, 15) is 0 Å². The van der Waals surface area contributed by atoms with Crippen LogP contribution in [0.1, 0.15) is 11.1 Å². The van der Waals surface area contributed by atoms with Crippen molar-refractivity contribution in [3.63, 3.8) is 0 Å². The summed E-state index contributed by atoms with van der Waals surface area (Å²) in [5.41, 5.74) is 17.8. The molecule has 0 saturated carbocycles. The molecule has 0 radical (unpaired) electrons. The van der Waals surface area contributed by atoms with Crippen molar-refractivity contribution in [1.29, 1.82) is 0 Å². The van der Waals surface area contributed by atoms with Gasteiger partial charge in [-0.25, -0.2) is 0 Å². The minimum Gasteiger partial charge on any atom is -0.336 e. The second-order valence-corrected chi connectivity index (χ2v) is 17.1. The monoisotopic (exact) mass is 764 g/mol. The van der Waals surface area contributed by atoms with E-state index in [2.05, 4.69) is 174 Å². The van der Waals surface area contributed by atoms with Crippen LogP contribution in [-0.4, -0.2) is 9.13 Å². The zero-order valence-corrected chi connectivity index (χ0v) is 32.4. The highest BCUT2D eigenvalue weighted by Gasteiger charge is 2.16. The molecule has 0 bridgehead atoms. The van der Waals surface area contributed by atoms with Crippen LogP contribution in [0.3, 0.4) is 0 Å². The molecule has 0 aliphatic heterocycles. The highest BCUT2D eigenvalue weighted by molar-refractivity contribution is 7.09. The topological polar surface area (TPSA) is 9.86 Å². The van der Waals surface area contributed by atoms with Crippen LogP contribution >= 0.6 is 45.3 Å². The Morgan fingerprint density at radius 3 is 0.815 bits per heavy atom. The van der Waals surface area contributed by atoms with E-state index in [0.29, 0.717) is 0 Å². The average Bonchev–Trinajstić information content (AvgIpc) is 4.08.